The van der Waals surface area contributed by atoms with Gasteiger partial charge < -0.3 is 10.5 Å². The van der Waals surface area contributed by atoms with Crippen molar-refractivity contribution in [1.82, 2.24) is 0 Å². The van der Waals surface area contributed by atoms with Crippen molar-refractivity contribution in [1.29, 1.82) is 0 Å². The summed E-state index contributed by atoms with van der Waals surface area (Å²) in [4.78, 5) is 0. The van der Waals surface area contributed by atoms with E-state index in [9.17, 15) is 13.2 Å². The van der Waals surface area contributed by atoms with Crippen molar-refractivity contribution in [2.45, 2.75) is 25.9 Å². The molecule has 1 rings (SSSR count). The number of nitrogen functional groups attached to an aromatic ring is 1. The van der Waals surface area contributed by atoms with Crippen LogP contribution in [0.2, 0.25) is 0 Å². The standard InChI is InChI=1S/C12H16F3NO.ClH/c1-2-3-8-4-9(16)5-11(15)12(8)17-10(6-13)7-14;/h4-5,10H,2-3,6-7,16H2,1H3;1H. The third kappa shape index (κ3) is 4.29. The van der Waals surface area contributed by atoms with Gasteiger partial charge in [-0.15, -0.1) is 12.4 Å². The molecule has 0 spiro atoms. The molecule has 0 amide bonds. The van der Waals surface area contributed by atoms with Gasteiger partial charge in [-0.1, -0.05) is 13.3 Å². The molecule has 2 nitrogen and oxygen atoms in total. The summed E-state index contributed by atoms with van der Waals surface area (Å²) in [7, 11) is 0. The van der Waals surface area contributed by atoms with E-state index in [0.29, 0.717) is 12.0 Å². The Bertz CT molecular complexity index is 373. The first-order valence-corrected chi connectivity index (χ1v) is 5.48. The lowest BCUT2D eigenvalue weighted by Crippen LogP contribution is -2.22. The first-order chi connectivity index (χ1) is 8.12. The van der Waals surface area contributed by atoms with Gasteiger partial charge in [0.05, 0.1) is 0 Å². The van der Waals surface area contributed by atoms with Crippen LogP contribution in [0.1, 0.15) is 18.9 Å². The molecule has 0 atom stereocenters. The first kappa shape index (κ1) is 16.9. The zero-order valence-electron chi connectivity index (χ0n) is 10.1. The van der Waals surface area contributed by atoms with Crippen LogP contribution in [0.3, 0.4) is 0 Å². The van der Waals surface area contributed by atoms with Gasteiger partial charge in [0, 0.05) is 11.8 Å². The van der Waals surface area contributed by atoms with E-state index in [1.807, 2.05) is 6.92 Å². The van der Waals surface area contributed by atoms with Crippen LogP contribution in [0.5, 0.6) is 5.75 Å². The maximum Gasteiger partial charge on any atom is 0.167 e. The minimum Gasteiger partial charge on any atom is -0.482 e. The highest BCUT2D eigenvalue weighted by Gasteiger charge is 2.17. The summed E-state index contributed by atoms with van der Waals surface area (Å²) in [5.74, 6) is -0.776. The van der Waals surface area contributed by atoms with Gasteiger partial charge in [0.25, 0.3) is 0 Å². The Morgan fingerprint density at radius 3 is 2.39 bits per heavy atom. The minimum atomic E-state index is -1.26. The van der Waals surface area contributed by atoms with Crippen LogP contribution in [-0.2, 0) is 6.42 Å². The third-order valence-electron chi connectivity index (χ3n) is 2.29. The molecule has 2 N–H and O–H groups in total. The maximum atomic E-state index is 13.6. The van der Waals surface area contributed by atoms with Crippen molar-refractivity contribution in [3.8, 4) is 5.75 Å². The van der Waals surface area contributed by atoms with Crippen molar-refractivity contribution in [3.63, 3.8) is 0 Å². The number of halogens is 4. The molecule has 0 saturated carbocycles. The molecule has 0 saturated heterocycles. The highest BCUT2D eigenvalue weighted by Crippen LogP contribution is 2.28. The highest BCUT2D eigenvalue weighted by atomic mass is 35.5. The van der Waals surface area contributed by atoms with Gasteiger partial charge in [-0.3, -0.25) is 0 Å². The molecule has 104 valence electrons. The average Bonchev–Trinajstić information content (AvgIpc) is 2.29. The Morgan fingerprint density at radius 1 is 1.28 bits per heavy atom. The second kappa shape index (κ2) is 8.08. The predicted molar refractivity (Wildman–Crippen MR) is 68.4 cm³/mol. The van der Waals surface area contributed by atoms with Crippen LogP contribution in [0.25, 0.3) is 0 Å². The van der Waals surface area contributed by atoms with Crippen LogP contribution in [0.15, 0.2) is 12.1 Å². The van der Waals surface area contributed by atoms with E-state index in [1.165, 1.54) is 0 Å². The number of ether oxygens (including phenoxy) is 1. The van der Waals surface area contributed by atoms with Gasteiger partial charge in [0.1, 0.15) is 13.3 Å². The number of benzene rings is 1. The van der Waals surface area contributed by atoms with Gasteiger partial charge >= 0.3 is 0 Å². The monoisotopic (exact) mass is 283 g/mol. The predicted octanol–water partition coefficient (Wildman–Crippen LogP) is 3.47. The maximum absolute atomic E-state index is 13.6. The van der Waals surface area contributed by atoms with Crippen LogP contribution in [0.4, 0.5) is 18.9 Å². The molecule has 6 heteroatoms. The molecule has 0 fully saturated rings. The second-order valence-corrected chi connectivity index (χ2v) is 3.79. The van der Waals surface area contributed by atoms with E-state index in [-0.39, 0.29) is 23.8 Å². The average molecular weight is 284 g/mol. The number of aryl methyl sites for hydroxylation is 1. The van der Waals surface area contributed by atoms with E-state index in [1.54, 1.807) is 6.07 Å². The highest BCUT2D eigenvalue weighted by molar-refractivity contribution is 5.85. The zero-order valence-corrected chi connectivity index (χ0v) is 10.9. The molecule has 18 heavy (non-hydrogen) atoms. The van der Waals surface area contributed by atoms with Crippen molar-refractivity contribution in [2.24, 2.45) is 0 Å². The lowest BCUT2D eigenvalue weighted by atomic mass is 10.1. The van der Waals surface area contributed by atoms with Crippen LogP contribution in [-0.4, -0.2) is 19.5 Å². The second-order valence-electron chi connectivity index (χ2n) is 3.79. The Labute approximate surface area is 111 Å². The summed E-state index contributed by atoms with van der Waals surface area (Å²) in [6.45, 7) is -0.0789. The van der Waals surface area contributed by atoms with Gasteiger partial charge in [0.15, 0.2) is 17.7 Å². The SMILES string of the molecule is CCCc1cc(N)cc(F)c1OC(CF)CF.Cl. The number of hydrogen-bond donors (Lipinski definition) is 1. The zero-order chi connectivity index (χ0) is 12.8. The summed E-state index contributed by atoms with van der Waals surface area (Å²) >= 11 is 0. The molecule has 0 bridgehead atoms. The molecule has 0 unspecified atom stereocenters. The van der Waals surface area contributed by atoms with Gasteiger partial charge in [-0.2, -0.15) is 0 Å². The molecule has 1 aromatic rings. The Kier molecular flexibility index (Phi) is 7.59. The van der Waals surface area contributed by atoms with E-state index in [0.717, 1.165) is 12.5 Å². The summed E-state index contributed by atoms with van der Waals surface area (Å²) in [6.07, 6.45) is 0.0429. The molecular weight excluding hydrogens is 267 g/mol. The number of rotatable bonds is 6. The summed E-state index contributed by atoms with van der Waals surface area (Å²) < 4.78 is 43.3. The molecule has 0 aliphatic rings. The Hall–Kier alpha value is -1.10. The van der Waals surface area contributed by atoms with Crippen LogP contribution >= 0.6 is 12.4 Å². The Morgan fingerprint density at radius 2 is 1.89 bits per heavy atom. The van der Waals surface area contributed by atoms with E-state index in [4.69, 9.17) is 10.5 Å². The lowest BCUT2D eigenvalue weighted by Gasteiger charge is -2.17. The molecule has 0 aliphatic carbocycles. The quantitative estimate of drug-likeness (QED) is 0.812. The summed E-state index contributed by atoms with van der Waals surface area (Å²) in [6, 6.07) is 2.65. The Balaban J connectivity index is 0.00000289. The van der Waals surface area contributed by atoms with Gasteiger partial charge in [-0.25, -0.2) is 13.2 Å². The molecule has 0 heterocycles. The first-order valence-electron chi connectivity index (χ1n) is 5.48. The smallest absolute Gasteiger partial charge is 0.167 e. The van der Waals surface area contributed by atoms with Gasteiger partial charge in [-0.05, 0) is 18.1 Å². The topological polar surface area (TPSA) is 35.2 Å². The number of anilines is 1. The largest absolute Gasteiger partial charge is 0.482 e. The van der Waals surface area contributed by atoms with Crippen molar-refractivity contribution in [3.05, 3.63) is 23.5 Å². The molecule has 1 aromatic carbocycles. The van der Waals surface area contributed by atoms with Crippen molar-refractivity contribution < 1.29 is 17.9 Å². The van der Waals surface area contributed by atoms with Crippen molar-refractivity contribution in [2.75, 3.05) is 19.1 Å². The van der Waals surface area contributed by atoms with E-state index in [2.05, 4.69) is 0 Å². The minimum absolute atomic E-state index is 0. The lowest BCUT2D eigenvalue weighted by molar-refractivity contribution is 0.127. The molecular formula is C12H17ClF3NO. The molecule has 0 radical (unpaired) electrons. The fourth-order valence-electron chi connectivity index (χ4n) is 1.53. The number of hydrogen-bond acceptors (Lipinski definition) is 2. The third-order valence-corrected chi connectivity index (χ3v) is 2.29. The van der Waals surface area contributed by atoms with Crippen molar-refractivity contribution >= 4 is 18.1 Å². The van der Waals surface area contributed by atoms with E-state index >= 15 is 0 Å². The fourth-order valence-corrected chi connectivity index (χ4v) is 1.53. The van der Waals surface area contributed by atoms with E-state index < -0.39 is 25.3 Å². The molecule has 0 aliphatic heterocycles. The number of alkyl halides is 2. The summed E-state index contributed by atoms with van der Waals surface area (Å²) in [5.41, 5.74) is 6.32. The van der Waals surface area contributed by atoms with Gasteiger partial charge in [0.2, 0.25) is 0 Å². The fraction of sp³-hybridized carbons (Fsp3) is 0.500. The molecule has 0 aromatic heterocycles. The summed E-state index contributed by atoms with van der Waals surface area (Å²) in [5, 5.41) is 0. The normalized spacial score (nSPS) is 10.3. The van der Waals surface area contributed by atoms with Crippen LogP contribution < -0.4 is 10.5 Å². The number of nitrogens with two attached hydrogens (primary N) is 1. The van der Waals surface area contributed by atoms with Crippen LogP contribution in [0, 0.1) is 5.82 Å².